The number of hydrogen-bond acceptors (Lipinski definition) is 4. The summed E-state index contributed by atoms with van der Waals surface area (Å²) in [7, 11) is 1.98. The van der Waals surface area contributed by atoms with Crippen LogP contribution in [0.5, 0.6) is 0 Å². The van der Waals surface area contributed by atoms with Crippen molar-refractivity contribution in [1.82, 2.24) is 9.88 Å². The maximum atomic E-state index is 13.6. The van der Waals surface area contributed by atoms with Crippen molar-refractivity contribution in [3.63, 3.8) is 0 Å². The first-order valence-electron chi connectivity index (χ1n) is 6.15. The fraction of sp³-hybridized carbons (Fsp3) is 0.357. The SMILES string of the molecule is Cc1ccc(C(CN)N(C)Cc2cscn2)cc1F. The standard InChI is InChI=1S/C14H18FN3S/c1-10-3-4-11(5-13(10)15)14(6-16)18(2)7-12-8-19-9-17-12/h3-5,8-9,14H,6-7,16H2,1-2H3. The molecule has 0 spiro atoms. The van der Waals surface area contributed by atoms with Crippen molar-refractivity contribution in [2.45, 2.75) is 19.5 Å². The molecule has 0 aliphatic heterocycles. The minimum atomic E-state index is -0.182. The number of nitrogens with two attached hydrogens (primary N) is 1. The molecule has 1 heterocycles. The summed E-state index contributed by atoms with van der Waals surface area (Å²) in [5, 5.41) is 2.01. The van der Waals surface area contributed by atoms with Gasteiger partial charge in [-0.15, -0.1) is 11.3 Å². The average molecular weight is 279 g/mol. The molecule has 5 heteroatoms. The topological polar surface area (TPSA) is 42.1 Å². The lowest BCUT2D eigenvalue weighted by Gasteiger charge is -2.26. The van der Waals surface area contributed by atoms with Gasteiger partial charge in [0.25, 0.3) is 0 Å². The van der Waals surface area contributed by atoms with E-state index in [0.717, 1.165) is 11.3 Å². The molecule has 2 aromatic rings. The molecule has 2 rings (SSSR count). The Balaban J connectivity index is 2.16. The van der Waals surface area contributed by atoms with Gasteiger partial charge in [-0.2, -0.15) is 0 Å². The van der Waals surface area contributed by atoms with Gasteiger partial charge in [-0.1, -0.05) is 12.1 Å². The zero-order valence-electron chi connectivity index (χ0n) is 11.1. The Morgan fingerprint density at radius 2 is 2.26 bits per heavy atom. The van der Waals surface area contributed by atoms with E-state index in [0.29, 0.717) is 18.7 Å². The number of halogens is 1. The molecule has 102 valence electrons. The summed E-state index contributed by atoms with van der Waals surface area (Å²) in [5.74, 6) is -0.182. The largest absolute Gasteiger partial charge is 0.329 e. The molecule has 19 heavy (non-hydrogen) atoms. The summed E-state index contributed by atoms with van der Waals surface area (Å²) >= 11 is 1.57. The quantitative estimate of drug-likeness (QED) is 0.915. The van der Waals surface area contributed by atoms with Crippen molar-refractivity contribution in [3.05, 3.63) is 51.7 Å². The Labute approximate surface area is 116 Å². The first-order chi connectivity index (χ1) is 9.11. The molecule has 1 unspecified atom stereocenters. The molecular formula is C14H18FN3S. The second-order valence-corrected chi connectivity index (χ2v) is 5.37. The predicted molar refractivity (Wildman–Crippen MR) is 76.5 cm³/mol. The van der Waals surface area contributed by atoms with Crippen LogP contribution in [0.1, 0.15) is 22.9 Å². The minimum absolute atomic E-state index is 0.00296. The summed E-state index contributed by atoms with van der Waals surface area (Å²) in [5.41, 5.74) is 10.2. The molecule has 0 aliphatic rings. The van der Waals surface area contributed by atoms with Crippen molar-refractivity contribution in [3.8, 4) is 0 Å². The molecule has 0 bridgehead atoms. The fourth-order valence-corrected chi connectivity index (χ4v) is 2.62. The highest BCUT2D eigenvalue weighted by Gasteiger charge is 2.17. The van der Waals surface area contributed by atoms with Crippen LogP contribution in [0.25, 0.3) is 0 Å². The Kier molecular flexibility index (Phi) is 4.63. The van der Waals surface area contributed by atoms with E-state index in [-0.39, 0.29) is 11.9 Å². The van der Waals surface area contributed by atoms with Crippen molar-refractivity contribution in [2.75, 3.05) is 13.6 Å². The van der Waals surface area contributed by atoms with Gasteiger partial charge < -0.3 is 5.73 Å². The van der Waals surface area contributed by atoms with Gasteiger partial charge >= 0.3 is 0 Å². The number of nitrogens with zero attached hydrogens (tertiary/aromatic N) is 2. The maximum absolute atomic E-state index is 13.6. The van der Waals surface area contributed by atoms with Crippen LogP contribution in [0.15, 0.2) is 29.1 Å². The number of benzene rings is 1. The van der Waals surface area contributed by atoms with Gasteiger partial charge in [0.15, 0.2) is 0 Å². The smallest absolute Gasteiger partial charge is 0.126 e. The first-order valence-corrected chi connectivity index (χ1v) is 7.09. The van der Waals surface area contributed by atoms with Crippen LogP contribution in [0.4, 0.5) is 4.39 Å². The summed E-state index contributed by atoms with van der Waals surface area (Å²) in [6, 6.07) is 5.30. The monoisotopic (exact) mass is 279 g/mol. The van der Waals surface area contributed by atoms with E-state index < -0.39 is 0 Å². The molecule has 0 amide bonds. The highest BCUT2D eigenvalue weighted by atomic mass is 32.1. The summed E-state index contributed by atoms with van der Waals surface area (Å²) < 4.78 is 13.6. The van der Waals surface area contributed by atoms with E-state index in [4.69, 9.17) is 5.73 Å². The number of thiazole rings is 1. The van der Waals surface area contributed by atoms with Gasteiger partial charge in [0.05, 0.1) is 11.2 Å². The van der Waals surface area contributed by atoms with Gasteiger partial charge in [0.2, 0.25) is 0 Å². The third kappa shape index (κ3) is 3.37. The lowest BCUT2D eigenvalue weighted by Crippen LogP contribution is -2.30. The van der Waals surface area contributed by atoms with E-state index >= 15 is 0 Å². The van der Waals surface area contributed by atoms with Gasteiger partial charge in [0.1, 0.15) is 5.82 Å². The van der Waals surface area contributed by atoms with E-state index in [1.54, 1.807) is 30.4 Å². The van der Waals surface area contributed by atoms with Crippen molar-refractivity contribution < 1.29 is 4.39 Å². The van der Waals surface area contributed by atoms with E-state index in [1.165, 1.54) is 0 Å². The Bertz CT molecular complexity index is 527. The van der Waals surface area contributed by atoms with Crippen molar-refractivity contribution >= 4 is 11.3 Å². The fourth-order valence-electron chi connectivity index (χ4n) is 2.07. The van der Waals surface area contributed by atoms with Gasteiger partial charge in [-0.25, -0.2) is 9.37 Å². The van der Waals surface area contributed by atoms with Gasteiger partial charge in [-0.3, -0.25) is 4.90 Å². The van der Waals surface area contributed by atoms with Crippen molar-refractivity contribution in [2.24, 2.45) is 5.73 Å². The summed E-state index contributed by atoms with van der Waals surface area (Å²) in [6.45, 7) is 2.92. The Morgan fingerprint density at radius 1 is 1.47 bits per heavy atom. The van der Waals surface area contributed by atoms with Crippen molar-refractivity contribution in [1.29, 1.82) is 0 Å². The summed E-state index contributed by atoms with van der Waals surface area (Å²) in [6.07, 6.45) is 0. The molecule has 1 aromatic carbocycles. The number of aromatic nitrogens is 1. The highest BCUT2D eigenvalue weighted by Crippen LogP contribution is 2.22. The molecule has 1 atom stereocenters. The van der Waals surface area contributed by atoms with Crippen LogP contribution in [0, 0.1) is 12.7 Å². The molecule has 2 N–H and O–H groups in total. The van der Waals surface area contributed by atoms with Gasteiger partial charge in [0, 0.05) is 24.5 Å². The van der Waals surface area contributed by atoms with Gasteiger partial charge in [-0.05, 0) is 31.2 Å². The summed E-state index contributed by atoms with van der Waals surface area (Å²) in [4.78, 5) is 6.36. The normalized spacial score (nSPS) is 12.9. The zero-order valence-corrected chi connectivity index (χ0v) is 12.0. The Morgan fingerprint density at radius 3 is 2.84 bits per heavy atom. The van der Waals surface area contributed by atoms with Crippen LogP contribution in [0.3, 0.4) is 0 Å². The molecule has 0 fully saturated rings. The lowest BCUT2D eigenvalue weighted by molar-refractivity contribution is 0.239. The number of rotatable bonds is 5. The Hall–Kier alpha value is -1.30. The molecule has 0 saturated heterocycles. The predicted octanol–water partition coefficient (Wildman–Crippen LogP) is 2.72. The second-order valence-electron chi connectivity index (χ2n) is 4.66. The van der Waals surface area contributed by atoms with E-state index in [9.17, 15) is 4.39 Å². The number of likely N-dealkylation sites (N-methyl/N-ethyl adjacent to an activating group) is 1. The second kappa shape index (κ2) is 6.23. The highest BCUT2D eigenvalue weighted by molar-refractivity contribution is 7.07. The number of aryl methyl sites for hydroxylation is 1. The third-order valence-electron chi connectivity index (χ3n) is 3.23. The van der Waals surface area contributed by atoms with Crippen LogP contribution < -0.4 is 5.73 Å². The minimum Gasteiger partial charge on any atom is -0.329 e. The lowest BCUT2D eigenvalue weighted by atomic mass is 10.0. The van der Waals surface area contributed by atoms with E-state index in [1.807, 2.05) is 24.0 Å². The third-order valence-corrected chi connectivity index (χ3v) is 3.87. The van der Waals surface area contributed by atoms with Crippen LogP contribution in [-0.2, 0) is 6.54 Å². The molecule has 0 saturated carbocycles. The first kappa shape index (κ1) is 14.1. The zero-order chi connectivity index (χ0) is 13.8. The molecular weight excluding hydrogens is 261 g/mol. The molecule has 3 nitrogen and oxygen atoms in total. The average Bonchev–Trinajstić information content (AvgIpc) is 2.87. The molecule has 0 radical (unpaired) electrons. The maximum Gasteiger partial charge on any atom is 0.126 e. The molecule has 1 aromatic heterocycles. The van der Waals surface area contributed by atoms with E-state index in [2.05, 4.69) is 9.88 Å². The van der Waals surface area contributed by atoms with Crippen LogP contribution in [-0.4, -0.2) is 23.5 Å². The molecule has 0 aliphatic carbocycles. The number of hydrogen-bond donors (Lipinski definition) is 1. The van der Waals surface area contributed by atoms with Crippen LogP contribution >= 0.6 is 11.3 Å². The van der Waals surface area contributed by atoms with Crippen LogP contribution in [0.2, 0.25) is 0 Å².